The molecule has 0 amide bonds. The molecular formula is C27H27ClN4O2. The number of ether oxygens (including phenoxy) is 1. The number of fused-ring (bicyclic) bond motifs is 1. The number of H-pyrrole nitrogens is 1. The number of esters is 1. The van der Waals surface area contributed by atoms with Gasteiger partial charge < -0.3 is 15.0 Å². The van der Waals surface area contributed by atoms with E-state index in [9.17, 15) is 4.79 Å². The average Bonchev–Trinajstić information content (AvgIpc) is 3.32. The number of para-hydroxylation sites is 1. The Morgan fingerprint density at radius 2 is 2.06 bits per heavy atom. The number of carbonyl (C=O) groups is 1. The quantitative estimate of drug-likeness (QED) is 0.352. The molecule has 5 rings (SSSR count). The predicted octanol–water partition coefficient (Wildman–Crippen LogP) is 5.68. The van der Waals surface area contributed by atoms with Crippen molar-refractivity contribution in [1.82, 2.24) is 10.2 Å². The first-order valence-corrected chi connectivity index (χ1v) is 11.9. The monoisotopic (exact) mass is 474 g/mol. The lowest BCUT2D eigenvalue weighted by atomic mass is 9.95. The van der Waals surface area contributed by atoms with Gasteiger partial charge in [-0.25, -0.2) is 0 Å². The van der Waals surface area contributed by atoms with Crippen LogP contribution in [0.25, 0.3) is 22.0 Å². The summed E-state index contributed by atoms with van der Waals surface area (Å²) < 4.78 is 4.99. The molecule has 4 aromatic rings. The zero-order valence-electron chi connectivity index (χ0n) is 19.1. The second kappa shape index (κ2) is 9.77. The lowest BCUT2D eigenvalue weighted by Crippen LogP contribution is -2.42. The number of aromatic nitrogens is 2. The molecule has 0 spiro atoms. The normalized spacial score (nSPS) is 15.9. The van der Waals surface area contributed by atoms with Crippen molar-refractivity contribution in [2.75, 3.05) is 30.4 Å². The van der Waals surface area contributed by atoms with Crippen LogP contribution >= 0.6 is 11.6 Å². The largest absolute Gasteiger partial charge is 0.469 e. The minimum Gasteiger partial charge on any atom is -0.469 e. The summed E-state index contributed by atoms with van der Waals surface area (Å²) in [6, 6.07) is 20.6. The van der Waals surface area contributed by atoms with E-state index in [4.69, 9.17) is 16.3 Å². The Hall–Kier alpha value is -3.51. The summed E-state index contributed by atoms with van der Waals surface area (Å²) >= 11 is 6.15. The van der Waals surface area contributed by atoms with Gasteiger partial charge in [0, 0.05) is 46.5 Å². The highest BCUT2D eigenvalue weighted by Gasteiger charge is 2.25. The molecule has 1 fully saturated rings. The summed E-state index contributed by atoms with van der Waals surface area (Å²) in [4.78, 5) is 14.6. The van der Waals surface area contributed by atoms with Crippen molar-refractivity contribution in [3.63, 3.8) is 0 Å². The molecular weight excluding hydrogens is 448 g/mol. The van der Waals surface area contributed by atoms with Gasteiger partial charge in [0.1, 0.15) is 0 Å². The topological polar surface area (TPSA) is 70.2 Å². The zero-order valence-corrected chi connectivity index (χ0v) is 19.8. The van der Waals surface area contributed by atoms with Crippen LogP contribution in [0.5, 0.6) is 0 Å². The molecule has 0 bridgehead atoms. The fourth-order valence-electron chi connectivity index (χ4n) is 4.76. The number of anilines is 2. The summed E-state index contributed by atoms with van der Waals surface area (Å²) in [5, 5.41) is 12.6. The lowest BCUT2D eigenvalue weighted by molar-refractivity contribution is -0.139. The molecule has 1 unspecified atom stereocenters. The van der Waals surface area contributed by atoms with Crippen LogP contribution in [0.1, 0.15) is 18.4 Å². The first-order valence-electron chi connectivity index (χ1n) is 11.5. The van der Waals surface area contributed by atoms with E-state index in [1.54, 1.807) is 0 Å². The molecule has 0 saturated carbocycles. The number of hydrogen-bond donors (Lipinski definition) is 2. The molecule has 34 heavy (non-hydrogen) atoms. The van der Waals surface area contributed by atoms with E-state index in [0.29, 0.717) is 5.02 Å². The van der Waals surface area contributed by atoms with Crippen LogP contribution in [-0.2, 0) is 16.0 Å². The standard InChI is InChI=1S/C27H27ClN4O2/c1-34-26(33)15-19-4-2-6-24(18-7-9-21(28)10-8-18)27(19)32-13-3-5-23(17-32)30-22-11-12-25-20(14-22)16-29-31-25/h2,4,6-12,14,16,23,30H,3,5,13,15,17H2,1H3,(H,29,31). The first kappa shape index (κ1) is 22.3. The number of nitrogens with zero attached hydrogens (tertiary/aromatic N) is 2. The van der Waals surface area contributed by atoms with Crippen molar-refractivity contribution in [1.29, 1.82) is 0 Å². The Kier molecular flexibility index (Phi) is 6.41. The molecule has 1 aliphatic rings. The Morgan fingerprint density at radius 1 is 1.21 bits per heavy atom. The molecule has 3 aromatic carbocycles. The number of halogens is 1. The lowest BCUT2D eigenvalue weighted by Gasteiger charge is -2.37. The van der Waals surface area contributed by atoms with Crippen LogP contribution in [0.15, 0.2) is 66.9 Å². The van der Waals surface area contributed by atoms with Gasteiger partial charge in [-0.2, -0.15) is 5.10 Å². The van der Waals surface area contributed by atoms with Gasteiger partial charge in [0.15, 0.2) is 0 Å². The van der Waals surface area contributed by atoms with Crippen molar-refractivity contribution < 1.29 is 9.53 Å². The second-order valence-corrected chi connectivity index (χ2v) is 9.11. The maximum atomic E-state index is 12.2. The Balaban J connectivity index is 1.46. The zero-order chi connectivity index (χ0) is 23.5. The van der Waals surface area contributed by atoms with Crippen molar-refractivity contribution in [3.05, 3.63) is 77.4 Å². The van der Waals surface area contributed by atoms with Gasteiger partial charge in [0.05, 0.1) is 25.2 Å². The van der Waals surface area contributed by atoms with Crippen molar-refractivity contribution in [2.45, 2.75) is 25.3 Å². The van der Waals surface area contributed by atoms with Crippen LogP contribution in [0.3, 0.4) is 0 Å². The van der Waals surface area contributed by atoms with Gasteiger partial charge >= 0.3 is 5.97 Å². The molecule has 0 radical (unpaired) electrons. The highest BCUT2D eigenvalue weighted by molar-refractivity contribution is 6.30. The highest BCUT2D eigenvalue weighted by Crippen LogP contribution is 2.37. The van der Waals surface area contributed by atoms with Gasteiger partial charge in [0.25, 0.3) is 0 Å². The third kappa shape index (κ3) is 4.73. The SMILES string of the molecule is COC(=O)Cc1cccc(-c2ccc(Cl)cc2)c1N1CCCC(Nc2ccc3[nH]ncc3c2)C1. The minimum absolute atomic E-state index is 0.235. The number of methoxy groups -OCH3 is 1. The van der Waals surface area contributed by atoms with Crippen molar-refractivity contribution in [2.24, 2.45) is 0 Å². The smallest absolute Gasteiger partial charge is 0.310 e. The number of benzene rings is 3. The fourth-order valence-corrected chi connectivity index (χ4v) is 4.89. The van der Waals surface area contributed by atoms with Gasteiger partial charge in [0.2, 0.25) is 0 Å². The van der Waals surface area contributed by atoms with E-state index in [1.165, 1.54) is 7.11 Å². The summed E-state index contributed by atoms with van der Waals surface area (Å²) in [5.74, 6) is -0.241. The third-order valence-electron chi connectivity index (χ3n) is 6.39. The van der Waals surface area contributed by atoms with E-state index in [-0.39, 0.29) is 18.4 Å². The number of nitrogens with one attached hydrogen (secondary N) is 2. The van der Waals surface area contributed by atoms with Gasteiger partial charge in [-0.05, 0) is 54.3 Å². The van der Waals surface area contributed by atoms with Crippen molar-refractivity contribution in [3.8, 4) is 11.1 Å². The van der Waals surface area contributed by atoms with E-state index in [1.807, 2.05) is 42.6 Å². The second-order valence-electron chi connectivity index (χ2n) is 8.67. The maximum absolute atomic E-state index is 12.2. The molecule has 1 atom stereocenters. The van der Waals surface area contributed by atoms with Gasteiger partial charge in [-0.3, -0.25) is 9.89 Å². The first-order chi connectivity index (χ1) is 16.6. The number of aromatic amines is 1. The molecule has 1 aromatic heterocycles. The summed E-state index contributed by atoms with van der Waals surface area (Å²) in [5.41, 5.74) is 6.35. The molecule has 174 valence electrons. The average molecular weight is 475 g/mol. The molecule has 1 saturated heterocycles. The minimum atomic E-state index is -0.241. The fraction of sp³-hybridized carbons (Fsp3) is 0.259. The van der Waals surface area contributed by atoms with Crippen molar-refractivity contribution >= 4 is 39.8 Å². The van der Waals surface area contributed by atoms with Gasteiger partial charge in [-0.1, -0.05) is 41.9 Å². The Morgan fingerprint density at radius 3 is 2.88 bits per heavy atom. The van der Waals surface area contributed by atoms with E-state index < -0.39 is 0 Å². The summed E-state index contributed by atoms with van der Waals surface area (Å²) in [6.07, 6.45) is 4.21. The molecule has 6 nitrogen and oxygen atoms in total. The van der Waals surface area contributed by atoms with Gasteiger partial charge in [-0.15, -0.1) is 0 Å². The van der Waals surface area contributed by atoms with Crippen LogP contribution in [0.2, 0.25) is 5.02 Å². The van der Waals surface area contributed by atoms with Crippen LogP contribution in [0.4, 0.5) is 11.4 Å². The Labute approximate surface area is 203 Å². The third-order valence-corrected chi connectivity index (χ3v) is 6.64. The van der Waals surface area contributed by atoms with Crippen LogP contribution in [-0.4, -0.2) is 42.4 Å². The molecule has 1 aliphatic heterocycles. The Bertz CT molecular complexity index is 1300. The number of rotatable bonds is 6. The van der Waals surface area contributed by atoms with E-state index in [0.717, 1.165) is 64.9 Å². The predicted molar refractivity (Wildman–Crippen MR) is 138 cm³/mol. The van der Waals surface area contributed by atoms with E-state index >= 15 is 0 Å². The van der Waals surface area contributed by atoms with Crippen LogP contribution < -0.4 is 10.2 Å². The molecule has 7 heteroatoms. The molecule has 2 N–H and O–H groups in total. The summed E-state index contributed by atoms with van der Waals surface area (Å²) in [6.45, 7) is 1.76. The number of carbonyl (C=O) groups excluding carboxylic acids is 1. The highest BCUT2D eigenvalue weighted by atomic mass is 35.5. The van der Waals surface area contributed by atoms with Crippen LogP contribution in [0, 0.1) is 0 Å². The maximum Gasteiger partial charge on any atom is 0.310 e. The van der Waals surface area contributed by atoms with E-state index in [2.05, 4.69) is 44.7 Å². The number of hydrogen-bond acceptors (Lipinski definition) is 5. The summed E-state index contributed by atoms with van der Waals surface area (Å²) in [7, 11) is 1.43. The molecule has 0 aliphatic carbocycles. The molecule has 2 heterocycles. The number of piperidine rings is 1.